The average molecular weight is 164 g/mol. The Kier molecular flexibility index (Phi) is 4.36. The minimum atomic E-state index is -1.59. The van der Waals surface area contributed by atoms with E-state index >= 15 is 0 Å². The number of hydrogen-bond acceptors (Lipinski definition) is 3. The highest BCUT2D eigenvalue weighted by molar-refractivity contribution is 5.72. The Morgan fingerprint density at radius 1 is 1.64 bits per heavy atom. The standard InChI is InChI=1S/C6H9FO4/c1-4(6(7)10)11-3-2-5(8)9/h4H,2-3H2,1H3,(H,8,9). The van der Waals surface area contributed by atoms with Crippen molar-refractivity contribution < 1.29 is 23.8 Å². The highest BCUT2D eigenvalue weighted by Gasteiger charge is 2.11. The molecule has 0 saturated carbocycles. The molecule has 0 radical (unpaired) electrons. The monoisotopic (exact) mass is 164 g/mol. The van der Waals surface area contributed by atoms with E-state index in [1.807, 2.05) is 0 Å². The number of carboxylic acids is 1. The van der Waals surface area contributed by atoms with Crippen LogP contribution in [0.4, 0.5) is 4.39 Å². The molecule has 4 nitrogen and oxygen atoms in total. The third-order valence-electron chi connectivity index (χ3n) is 1.00. The Labute approximate surface area is 63.0 Å². The predicted molar refractivity (Wildman–Crippen MR) is 33.8 cm³/mol. The van der Waals surface area contributed by atoms with Gasteiger partial charge in [0.1, 0.15) is 6.10 Å². The molecule has 0 aliphatic heterocycles. The number of halogens is 1. The molecule has 0 aliphatic rings. The van der Waals surface area contributed by atoms with Crippen LogP contribution < -0.4 is 0 Å². The molecule has 0 rings (SSSR count). The van der Waals surface area contributed by atoms with Crippen LogP contribution in [-0.4, -0.2) is 29.8 Å². The number of hydrogen-bond donors (Lipinski definition) is 1. The van der Waals surface area contributed by atoms with E-state index in [1.54, 1.807) is 0 Å². The smallest absolute Gasteiger partial charge is 0.329 e. The van der Waals surface area contributed by atoms with Crippen molar-refractivity contribution in [2.45, 2.75) is 19.4 Å². The van der Waals surface area contributed by atoms with Gasteiger partial charge in [-0.2, -0.15) is 4.39 Å². The molecule has 1 N–H and O–H groups in total. The molecule has 0 fully saturated rings. The zero-order valence-electron chi connectivity index (χ0n) is 6.04. The second-order valence-corrected chi connectivity index (χ2v) is 1.96. The first-order valence-corrected chi connectivity index (χ1v) is 3.06. The first-order chi connectivity index (χ1) is 5.04. The Hall–Kier alpha value is -0.970. The molecule has 0 heterocycles. The Bertz CT molecular complexity index is 157. The van der Waals surface area contributed by atoms with Crippen LogP contribution in [0.25, 0.3) is 0 Å². The topological polar surface area (TPSA) is 63.6 Å². The minimum Gasteiger partial charge on any atom is -0.481 e. The third-order valence-corrected chi connectivity index (χ3v) is 1.00. The van der Waals surface area contributed by atoms with Crippen LogP contribution in [0.5, 0.6) is 0 Å². The second kappa shape index (κ2) is 4.79. The van der Waals surface area contributed by atoms with Crippen LogP contribution in [0.2, 0.25) is 0 Å². The molecule has 64 valence electrons. The summed E-state index contributed by atoms with van der Waals surface area (Å²) in [5.41, 5.74) is 0. The average Bonchev–Trinajstić information content (AvgIpc) is 1.86. The van der Waals surface area contributed by atoms with Crippen molar-refractivity contribution in [3.8, 4) is 0 Å². The fourth-order valence-corrected chi connectivity index (χ4v) is 0.389. The zero-order chi connectivity index (χ0) is 8.85. The van der Waals surface area contributed by atoms with Crippen molar-refractivity contribution in [2.24, 2.45) is 0 Å². The maximum Gasteiger partial charge on any atom is 0.329 e. The Morgan fingerprint density at radius 2 is 2.18 bits per heavy atom. The normalized spacial score (nSPS) is 12.5. The van der Waals surface area contributed by atoms with Crippen LogP contribution in [-0.2, 0) is 14.3 Å². The maximum absolute atomic E-state index is 11.7. The van der Waals surface area contributed by atoms with Crippen LogP contribution in [0.1, 0.15) is 13.3 Å². The van der Waals surface area contributed by atoms with Crippen molar-refractivity contribution >= 4 is 12.0 Å². The first kappa shape index (κ1) is 10.0. The van der Waals surface area contributed by atoms with Gasteiger partial charge in [0.05, 0.1) is 13.0 Å². The molecule has 0 spiro atoms. The molecule has 1 atom stereocenters. The van der Waals surface area contributed by atoms with E-state index in [0.29, 0.717) is 0 Å². The van der Waals surface area contributed by atoms with Gasteiger partial charge < -0.3 is 9.84 Å². The number of carbonyl (C=O) groups is 2. The summed E-state index contributed by atoms with van der Waals surface area (Å²) in [4.78, 5) is 19.8. The van der Waals surface area contributed by atoms with Crippen LogP contribution in [0.3, 0.4) is 0 Å². The molecule has 0 bridgehead atoms. The number of ether oxygens (including phenoxy) is 1. The minimum absolute atomic E-state index is 0.147. The maximum atomic E-state index is 11.7. The highest BCUT2D eigenvalue weighted by atomic mass is 19.1. The molecular formula is C6H9FO4. The largest absolute Gasteiger partial charge is 0.481 e. The third kappa shape index (κ3) is 5.47. The molecule has 0 aliphatic carbocycles. The van der Waals surface area contributed by atoms with Gasteiger partial charge in [0.2, 0.25) is 0 Å². The summed E-state index contributed by atoms with van der Waals surface area (Å²) < 4.78 is 16.2. The molecule has 0 aromatic heterocycles. The van der Waals surface area contributed by atoms with Crippen molar-refractivity contribution in [1.29, 1.82) is 0 Å². The van der Waals surface area contributed by atoms with Crippen LogP contribution in [0, 0.1) is 0 Å². The predicted octanol–water partition coefficient (Wildman–Crippen LogP) is 0.362. The van der Waals surface area contributed by atoms with Gasteiger partial charge in [-0.25, -0.2) is 0 Å². The molecule has 1 unspecified atom stereocenters. The Morgan fingerprint density at radius 3 is 2.55 bits per heavy atom. The number of aliphatic carboxylic acids is 1. The summed E-state index contributed by atoms with van der Waals surface area (Å²) in [5.74, 6) is -1.04. The SMILES string of the molecule is CC(OCCC(=O)O)C(=O)F. The molecule has 0 amide bonds. The summed E-state index contributed by atoms with van der Waals surface area (Å²) in [7, 11) is 0. The lowest BCUT2D eigenvalue weighted by molar-refractivity contribution is -0.145. The van der Waals surface area contributed by atoms with Gasteiger partial charge in [-0.3, -0.25) is 9.59 Å². The van der Waals surface area contributed by atoms with Gasteiger partial charge in [-0.1, -0.05) is 0 Å². The summed E-state index contributed by atoms with van der Waals surface area (Å²) in [5, 5.41) is 8.11. The summed E-state index contributed by atoms with van der Waals surface area (Å²) in [6.45, 7) is 1.08. The molecule has 0 aromatic rings. The molecule has 11 heavy (non-hydrogen) atoms. The van der Waals surface area contributed by atoms with Gasteiger partial charge in [-0.05, 0) is 6.92 Å². The molecule has 0 saturated heterocycles. The lowest BCUT2D eigenvalue weighted by atomic mass is 10.4. The van der Waals surface area contributed by atoms with E-state index in [9.17, 15) is 14.0 Å². The van der Waals surface area contributed by atoms with Crippen molar-refractivity contribution in [3.05, 3.63) is 0 Å². The summed E-state index contributed by atoms with van der Waals surface area (Å²) >= 11 is 0. The van der Waals surface area contributed by atoms with E-state index in [1.165, 1.54) is 6.92 Å². The van der Waals surface area contributed by atoms with E-state index < -0.39 is 18.1 Å². The number of carbonyl (C=O) groups excluding carboxylic acids is 1. The molecule has 5 heteroatoms. The zero-order valence-corrected chi connectivity index (χ0v) is 6.04. The van der Waals surface area contributed by atoms with Gasteiger partial charge in [-0.15, -0.1) is 0 Å². The lowest BCUT2D eigenvalue weighted by Gasteiger charge is -2.04. The highest BCUT2D eigenvalue weighted by Crippen LogP contribution is 1.94. The lowest BCUT2D eigenvalue weighted by Crippen LogP contribution is -2.18. The fourth-order valence-electron chi connectivity index (χ4n) is 0.389. The quantitative estimate of drug-likeness (QED) is 0.596. The van der Waals surface area contributed by atoms with Crippen LogP contribution in [0.15, 0.2) is 0 Å². The van der Waals surface area contributed by atoms with Crippen molar-refractivity contribution in [2.75, 3.05) is 6.61 Å². The van der Waals surface area contributed by atoms with Gasteiger partial charge in [0.25, 0.3) is 0 Å². The van der Waals surface area contributed by atoms with E-state index in [0.717, 1.165) is 0 Å². The number of rotatable bonds is 5. The van der Waals surface area contributed by atoms with Crippen molar-refractivity contribution in [1.82, 2.24) is 0 Å². The fraction of sp³-hybridized carbons (Fsp3) is 0.667. The van der Waals surface area contributed by atoms with Gasteiger partial charge >= 0.3 is 12.0 Å². The molecular weight excluding hydrogens is 155 g/mol. The summed E-state index contributed by atoms with van der Waals surface area (Å²) in [6.07, 6.45) is -1.38. The van der Waals surface area contributed by atoms with E-state index in [2.05, 4.69) is 4.74 Å². The first-order valence-electron chi connectivity index (χ1n) is 3.06. The summed E-state index contributed by atoms with van der Waals surface area (Å²) in [6, 6.07) is -1.59. The van der Waals surface area contributed by atoms with Crippen molar-refractivity contribution in [3.63, 3.8) is 0 Å². The van der Waals surface area contributed by atoms with Gasteiger partial charge in [0.15, 0.2) is 0 Å². The van der Waals surface area contributed by atoms with E-state index in [4.69, 9.17) is 5.11 Å². The van der Waals surface area contributed by atoms with E-state index in [-0.39, 0.29) is 13.0 Å². The second-order valence-electron chi connectivity index (χ2n) is 1.96. The Balaban J connectivity index is 3.39. The molecule has 0 aromatic carbocycles. The van der Waals surface area contributed by atoms with Crippen LogP contribution >= 0.6 is 0 Å². The number of carboxylic acid groups (broad SMARTS) is 1. The van der Waals surface area contributed by atoms with Gasteiger partial charge in [0, 0.05) is 0 Å².